The van der Waals surface area contributed by atoms with Gasteiger partial charge >= 0.3 is 0 Å². The van der Waals surface area contributed by atoms with E-state index in [2.05, 4.69) is 19.7 Å². The molecule has 0 radical (unpaired) electrons. The predicted molar refractivity (Wildman–Crippen MR) is 110 cm³/mol. The number of carbonyl (C=O) groups is 1. The summed E-state index contributed by atoms with van der Waals surface area (Å²) in [5.41, 5.74) is 9.22. The maximum atomic E-state index is 12.6. The minimum absolute atomic E-state index is 0.342. The summed E-state index contributed by atoms with van der Waals surface area (Å²) in [6, 6.07) is 11.5. The molecule has 0 bridgehead atoms. The van der Waals surface area contributed by atoms with Crippen LogP contribution in [0.25, 0.3) is 5.69 Å². The Bertz CT molecular complexity index is 1020. The van der Waals surface area contributed by atoms with Gasteiger partial charge < -0.3 is 9.13 Å². The molecule has 1 N–H and O–H groups in total. The molecule has 3 rings (SSSR count). The number of amides is 1. The van der Waals surface area contributed by atoms with Gasteiger partial charge in [-0.15, -0.1) is 0 Å². The average Bonchev–Trinajstić information content (AvgIpc) is 3.09. The minimum Gasteiger partial charge on any atom is -0.352 e. The number of rotatable bonds is 4. The Hall–Kier alpha value is -2.79. The maximum Gasteiger partial charge on any atom is 0.272 e. The first-order valence-electron chi connectivity index (χ1n) is 8.70. The molecule has 0 aliphatic heterocycles. The van der Waals surface area contributed by atoms with Gasteiger partial charge in [-0.25, -0.2) is 5.43 Å². The van der Waals surface area contributed by atoms with Crippen molar-refractivity contribution in [1.29, 1.82) is 0 Å². The first-order valence-corrected chi connectivity index (χ1v) is 9.08. The van der Waals surface area contributed by atoms with Crippen molar-refractivity contribution in [1.82, 2.24) is 14.6 Å². The van der Waals surface area contributed by atoms with E-state index in [1.165, 1.54) is 0 Å². The van der Waals surface area contributed by atoms with Crippen LogP contribution < -0.4 is 5.43 Å². The molecule has 0 aliphatic carbocycles. The maximum absolute atomic E-state index is 12.6. The van der Waals surface area contributed by atoms with Gasteiger partial charge in [0.2, 0.25) is 0 Å². The highest BCUT2D eigenvalue weighted by molar-refractivity contribution is 6.33. The molecule has 1 amide bonds. The Morgan fingerprint density at radius 2 is 1.70 bits per heavy atom. The number of halogens is 1. The fourth-order valence-electron chi connectivity index (χ4n) is 3.14. The van der Waals surface area contributed by atoms with Crippen LogP contribution in [0.1, 0.15) is 38.7 Å². The van der Waals surface area contributed by atoms with E-state index in [1.807, 2.05) is 59.0 Å². The van der Waals surface area contributed by atoms with Gasteiger partial charge in [-0.3, -0.25) is 4.79 Å². The molecule has 0 saturated carbocycles. The normalized spacial score (nSPS) is 11.3. The van der Waals surface area contributed by atoms with Crippen molar-refractivity contribution in [3.8, 4) is 5.69 Å². The summed E-state index contributed by atoms with van der Waals surface area (Å²) < 4.78 is 4.15. The van der Waals surface area contributed by atoms with Crippen LogP contribution in [0, 0.1) is 27.7 Å². The van der Waals surface area contributed by atoms with Crippen molar-refractivity contribution in [3.05, 3.63) is 75.3 Å². The van der Waals surface area contributed by atoms with Crippen LogP contribution in [-0.2, 0) is 7.05 Å². The largest absolute Gasteiger partial charge is 0.352 e. The van der Waals surface area contributed by atoms with Crippen molar-refractivity contribution < 1.29 is 4.79 Å². The number of aromatic nitrogens is 2. The summed E-state index contributed by atoms with van der Waals surface area (Å²) in [6.07, 6.45) is 1.65. The van der Waals surface area contributed by atoms with Gasteiger partial charge in [-0.05, 0) is 64.1 Å². The second kappa shape index (κ2) is 7.45. The highest BCUT2D eigenvalue weighted by atomic mass is 35.5. The molecule has 140 valence electrons. The van der Waals surface area contributed by atoms with E-state index in [9.17, 15) is 4.79 Å². The van der Waals surface area contributed by atoms with Gasteiger partial charge in [-0.2, -0.15) is 5.10 Å². The Morgan fingerprint density at radius 3 is 2.30 bits per heavy atom. The number of hydrazone groups is 1. The molecule has 0 spiro atoms. The second-order valence-corrected chi connectivity index (χ2v) is 7.11. The molecule has 0 atom stereocenters. The molecule has 1 aromatic carbocycles. The Kier molecular flexibility index (Phi) is 5.24. The van der Waals surface area contributed by atoms with Gasteiger partial charge in [0, 0.05) is 41.1 Å². The monoisotopic (exact) mass is 382 g/mol. The number of carbonyl (C=O) groups excluding carboxylic acids is 1. The van der Waals surface area contributed by atoms with Crippen LogP contribution in [0.15, 0.2) is 41.5 Å². The standard InChI is InChI=1S/C21H23ClN4O/c1-13-6-7-14(2)26(13)18-8-9-20(22)19(11-18)21(27)24-23-12-17-10-15(3)25(5)16(17)4/h6-12H,1-5H3,(H,24,27). The summed E-state index contributed by atoms with van der Waals surface area (Å²) in [6.45, 7) is 8.09. The lowest BCUT2D eigenvalue weighted by atomic mass is 10.2. The molecule has 2 aromatic heterocycles. The zero-order chi connectivity index (χ0) is 19.7. The zero-order valence-corrected chi connectivity index (χ0v) is 16.9. The zero-order valence-electron chi connectivity index (χ0n) is 16.2. The predicted octanol–water partition coefficient (Wildman–Crippen LogP) is 4.47. The van der Waals surface area contributed by atoms with Gasteiger partial charge in [-0.1, -0.05) is 11.6 Å². The van der Waals surface area contributed by atoms with E-state index in [0.717, 1.165) is 34.0 Å². The number of benzene rings is 1. The van der Waals surface area contributed by atoms with Crippen LogP contribution in [0.2, 0.25) is 5.02 Å². The smallest absolute Gasteiger partial charge is 0.272 e. The van der Waals surface area contributed by atoms with Gasteiger partial charge in [0.15, 0.2) is 0 Å². The van der Waals surface area contributed by atoms with Gasteiger partial charge in [0.1, 0.15) is 0 Å². The SMILES string of the molecule is Cc1cc(C=NNC(=O)c2cc(-n3c(C)ccc3C)ccc2Cl)c(C)n1C. The number of hydrogen-bond donors (Lipinski definition) is 1. The van der Waals surface area contributed by atoms with Gasteiger partial charge in [0.25, 0.3) is 5.91 Å². The van der Waals surface area contributed by atoms with Crippen LogP contribution in [0.3, 0.4) is 0 Å². The fourth-order valence-corrected chi connectivity index (χ4v) is 3.34. The molecule has 0 fully saturated rings. The quantitative estimate of drug-likeness (QED) is 0.525. The summed E-state index contributed by atoms with van der Waals surface area (Å²) in [5, 5.41) is 4.49. The molecule has 6 heteroatoms. The molecule has 2 heterocycles. The molecular formula is C21H23ClN4O. The van der Waals surface area contributed by atoms with E-state index < -0.39 is 0 Å². The first kappa shape index (κ1) is 19.0. The second-order valence-electron chi connectivity index (χ2n) is 6.70. The lowest BCUT2D eigenvalue weighted by molar-refractivity contribution is 0.0955. The van der Waals surface area contributed by atoms with Gasteiger partial charge in [0.05, 0.1) is 16.8 Å². The van der Waals surface area contributed by atoms with E-state index >= 15 is 0 Å². The molecule has 3 aromatic rings. The molecule has 0 aliphatic rings. The molecule has 27 heavy (non-hydrogen) atoms. The van der Waals surface area contributed by atoms with E-state index in [-0.39, 0.29) is 5.91 Å². The van der Waals surface area contributed by atoms with Crippen molar-refractivity contribution >= 4 is 23.7 Å². The molecular weight excluding hydrogens is 360 g/mol. The number of aryl methyl sites for hydroxylation is 3. The number of nitrogens with one attached hydrogen (secondary N) is 1. The lowest BCUT2D eigenvalue weighted by Crippen LogP contribution is -2.18. The van der Waals surface area contributed by atoms with Crippen LogP contribution >= 0.6 is 11.6 Å². The van der Waals surface area contributed by atoms with Crippen molar-refractivity contribution in [2.75, 3.05) is 0 Å². The number of hydrogen-bond acceptors (Lipinski definition) is 2. The topological polar surface area (TPSA) is 51.3 Å². The number of nitrogens with zero attached hydrogens (tertiary/aromatic N) is 3. The van der Waals surface area contributed by atoms with Crippen molar-refractivity contribution in [3.63, 3.8) is 0 Å². The van der Waals surface area contributed by atoms with Crippen LogP contribution in [0.5, 0.6) is 0 Å². The Balaban J connectivity index is 1.83. The van der Waals surface area contributed by atoms with Crippen molar-refractivity contribution in [2.45, 2.75) is 27.7 Å². The van der Waals surface area contributed by atoms with Crippen LogP contribution in [-0.4, -0.2) is 21.3 Å². The highest BCUT2D eigenvalue weighted by Gasteiger charge is 2.13. The molecule has 5 nitrogen and oxygen atoms in total. The van der Waals surface area contributed by atoms with Crippen molar-refractivity contribution in [2.24, 2.45) is 12.1 Å². The molecule has 0 saturated heterocycles. The van der Waals surface area contributed by atoms with E-state index in [4.69, 9.17) is 11.6 Å². The summed E-state index contributed by atoms with van der Waals surface area (Å²) in [5.74, 6) is -0.342. The molecule has 0 unspecified atom stereocenters. The summed E-state index contributed by atoms with van der Waals surface area (Å²) in [7, 11) is 2.00. The average molecular weight is 383 g/mol. The summed E-state index contributed by atoms with van der Waals surface area (Å²) in [4.78, 5) is 12.6. The summed E-state index contributed by atoms with van der Waals surface area (Å²) >= 11 is 6.25. The third kappa shape index (κ3) is 3.69. The third-order valence-corrected chi connectivity index (χ3v) is 5.24. The van der Waals surface area contributed by atoms with E-state index in [0.29, 0.717) is 10.6 Å². The highest BCUT2D eigenvalue weighted by Crippen LogP contribution is 2.23. The van der Waals surface area contributed by atoms with Crippen LogP contribution in [0.4, 0.5) is 0 Å². The third-order valence-electron chi connectivity index (χ3n) is 4.91. The minimum atomic E-state index is -0.342. The lowest BCUT2D eigenvalue weighted by Gasteiger charge is -2.12. The fraction of sp³-hybridized carbons (Fsp3) is 0.238. The Morgan fingerprint density at radius 1 is 1.04 bits per heavy atom. The Labute approximate surface area is 164 Å². The first-order chi connectivity index (χ1) is 12.8. The van der Waals surface area contributed by atoms with E-state index in [1.54, 1.807) is 18.3 Å².